The summed E-state index contributed by atoms with van der Waals surface area (Å²) in [4.78, 5) is 6.56. The number of rotatable bonds is 1. The molecule has 0 unspecified atom stereocenters. The van der Waals surface area contributed by atoms with Crippen LogP contribution in [0, 0.1) is 6.92 Å². The third-order valence-corrected chi connectivity index (χ3v) is 2.07. The number of aromatic nitrogens is 1. The van der Waals surface area contributed by atoms with Gasteiger partial charge in [-0.3, -0.25) is 9.88 Å². The van der Waals surface area contributed by atoms with Gasteiger partial charge in [-0.25, -0.2) is 0 Å². The Hall–Kier alpha value is -0.890. The lowest BCUT2D eigenvalue weighted by molar-refractivity contribution is 0.314. The number of fused-ring (bicyclic) bond motifs is 1. The molecule has 57 valence electrons. The maximum absolute atomic E-state index is 4.29. The predicted octanol–water partition coefficient (Wildman–Crippen LogP) is 1.23. The van der Waals surface area contributed by atoms with Crippen LogP contribution >= 0.6 is 0 Å². The van der Waals surface area contributed by atoms with E-state index >= 15 is 0 Å². The van der Waals surface area contributed by atoms with Gasteiger partial charge in [0, 0.05) is 19.3 Å². The highest BCUT2D eigenvalue weighted by molar-refractivity contribution is 5.23. The summed E-state index contributed by atoms with van der Waals surface area (Å²) >= 11 is 0. The third kappa shape index (κ3) is 1.14. The lowest BCUT2D eigenvalue weighted by atomic mass is 10.2. The van der Waals surface area contributed by atoms with E-state index in [2.05, 4.69) is 22.9 Å². The molecule has 0 N–H and O–H groups in total. The van der Waals surface area contributed by atoms with Crippen molar-refractivity contribution < 1.29 is 0 Å². The average molecular weight is 147 g/mol. The summed E-state index contributed by atoms with van der Waals surface area (Å²) < 4.78 is 0. The average Bonchev–Trinajstić information content (AvgIpc) is 2.46. The second-order valence-electron chi connectivity index (χ2n) is 2.82. The van der Waals surface area contributed by atoms with E-state index in [1.807, 2.05) is 12.3 Å². The third-order valence-electron chi connectivity index (χ3n) is 2.07. The molecule has 1 radical (unpaired) electrons. The Morgan fingerprint density at radius 1 is 1.55 bits per heavy atom. The highest BCUT2D eigenvalue weighted by atomic mass is 15.1. The minimum Gasteiger partial charge on any atom is -0.293 e. The quantitative estimate of drug-likeness (QED) is 0.594. The maximum atomic E-state index is 4.29. The van der Waals surface area contributed by atoms with Crippen molar-refractivity contribution in [2.24, 2.45) is 0 Å². The molecular weight excluding hydrogens is 136 g/mol. The normalized spacial score (nSPS) is 16.8. The topological polar surface area (TPSA) is 16.1 Å². The summed E-state index contributed by atoms with van der Waals surface area (Å²) in [5.41, 5.74) is 2.58. The van der Waals surface area contributed by atoms with Gasteiger partial charge < -0.3 is 0 Å². The molecule has 0 aliphatic carbocycles. The van der Waals surface area contributed by atoms with Gasteiger partial charge in [0.1, 0.15) is 0 Å². The van der Waals surface area contributed by atoms with Crippen LogP contribution in [-0.2, 0) is 13.1 Å². The van der Waals surface area contributed by atoms with Crippen molar-refractivity contribution >= 4 is 0 Å². The second kappa shape index (κ2) is 2.62. The number of pyridine rings is 1. The van der Waals surface area contributed by atoms with E-state index in [1.54, 1.807) is 0 Å². The first kappa shape index (κ1) is 6.80. The first-order chi connectivity index (χ1) is 5.40. The summed E-state index contributed by atoms with van der Waals surface area (Å²) in [6.45, 7) is 6.71. The molecule has 0 spiro atoms. The molecule has 0 aromatic carbocycles. The first-order valence-electron chi connectivity index (χ1n) is 3.84. The van der Waals surface area contributed by atoms with E-state index in [0.717, 1.165) is 19.6 Å². The fourth-order valence-electron chi connectivity index (χ4n) is 1.42. The molecule has 0 fully saturated rings. The molecule has 1 aliphatic heterocycles. The summed E-state index contributed by atoms with van der Waals surface area (Å²) in [5.74, 6) is 0. The van der Waals surface area contributed by atoms with Gasteiger partial charge in [-0.2, -0.15) is 0 Å². The molecule has 2 heteroatoms. The molecule has 0 saturated carbocycles. The van der Waals surface area contributed by atoms with Gasteiger partial charge in [0.25, 0.3) is 0 Å². The van der Waals surface area contributed by atoms with Crippen molar-refractivity contribution in [1.82, 2.24) is 9.88 Å². The Bertz CT molecular complexity index is 232. The predicted molar refractivity (Wildman–Crippen MR) is 43.7 cm³/mol. The SMILES string of the molecule is [CH2]CN1Cc2cccnc2C1. The van der Waals surface area contributed by atoms with E-state index in [-0.39, 0.29) is 0 Å². The van der Waals surface area contributed by atoms with Crippen LogP contribution in [0.3, 0.4) is 0 Å². The van der Waals surface area contributed by atoms with Crippen LogP contribution in [0.25, 0.3) is 0 Å². The number of hydrogen-bond acceptors (Lipinski definition) is 2. The Labute approximate surface area is 66.9 Å². The van der Waals surface area contributed by atoms with Crippen LogP contribution in [0.5, 0.6) is 0 Å². The molecule has 11 heavy (non-hydrogen) atoms. The summed E-state index contributed by atoms with van der Waals surface area (Å²) in [5, 5.41) is 0. The van der Waals surface area contributed by atoms with Crippen molar-refractivity contribution in [3.8, 4) is 0 Å². The Balaban J connectivity index is 2.27. The standard InChI is InChI=1S/C9H11N2/c1-2-11-6-8-4-3-5-10-9(8)7-11/h3-5H,1-2,6-7H2. The van der Waals surface area contributed by atoms with Gasteiger partial charge in [0.15, 0.2) is 0 Å². The van der Waals surface area contributed by atoms with E-state index in [4.69, 9.17) is 0 Å². The van der Waals surface area contributed by atoms with Gasteiger partial charge in [-0.05, 0) is 25.1 Å². The smallest absolute Gasteiger partial charge is 0.0589 e. The van der Waals surface area contributed by atoms with Crippen LogP contribution < -0.4 is 0 Å². The monoisotopic (exact) mass is 147 g/mol. The van der Waals surface area contributed by atoms with Gasteiger partial charge in [0.2, 0.25) is 0 Å². The molecule has 2 heterocycles. The molecule has 0 bridgehead atoms. The number of hydrogen-bond donors (Lipinski definition) is 0. The molecule has 1 aromatic rings. The Kier molecular flexibility index (Phi) is 1.62. The maximum Gasteiger partial charge on any atom is 0.0589 e. The van der Waals surface area contributed by atoms with Gasteiger partial charge >= 0.3 is 0 Å². The number of nitrogens with zero attached hydrogens (tertiary/aromatic N) is 2. The molecule has 0 amide bonds. The molecule has 0 saturated heterocycles. The molecule has 2 rings (SSSR count). The highest BCUT2D eigenvalue weighted by Gasteiger charge is 2.16. The molecule has 1 aliphatic rings. The second-order valence-corrected chi connectivity index (χ2v) is 2.82. The van der Waals surface area contributed by atoms with Crippen LogP contribution in [0.4, 0.5) is 0 Å². The molecule has 2 nitrogen and oxygen atoms in total. The zero-order valence-electron chi connectivity index (χ0n) is 6.45. The molecule has 1 aromatic heterocycles. The van der Waals surface area contributed by atoms with Crippen molar-refractivity contribution in [3.05, 3.63) is 36.5 Å². The van der Waals surface area contributed by atoms with Crippen molar-refractivity contribution in [1.29, 1.82) is 0 Å². The minimum absolute atomic E-state index is 0.871. The fourth-order valence-corrected chi connectivity index (χ4v) is 1.42. The zero-order valence-corrected chi connectivity index (χ0v) is 6.45. The van der Waals surface area contributed by atoms with Crippen LogP contribution in [0.1, 0.15) is 11.3 Å². The van der Waals surface area contributed by atoms with Gasteiger partial charge in [0.05, 0.1) is 5.69 Å². The summed E-state index contributed by atoms with van der Waals surface area (Å²) in [6.07, 6.45) is 1.85. The fraction of sp³-hybridized carbons (Fsp3) is 0.333. The van der Waals surface area contributed by atoms with Crippen molar-refractivity contribution in [3.63, 3.8) is 0 Å². The lowest BCUT2D eigenvalue weighted by Gasteiger charge is -2.08. The van der Waals surface area contributed by atoms with Gasteiger partial charge in [-0.15, -0.1) is 0 Å². The first-order valence-corrected chi connectivity index (χ1v) is 3.84. The van der Waals surface area contributed by atoms with Crippen molar-refractivity contribution in [2.75, 3.05) is 6.54 Å². The van der Waals surface area contributed by atoms with E-state index in [0.29, 0.717) is 0 Å². The highest BCUT2D eigenvalue weighted by Crippen LogP contribution is 2.18. The molecular formula is C9H11N2. The van der Waals surface area contributed by atoms with Gasteiger partial charge in [-0.1, -0.05) is 6.07 Å². The van der Waals surface area contributed by atoms with E-state index in [1.165, 1.54) is 11.3 Å². The Morgan fingerprint density at radius 2 is 2.45 bits per heavy atom. The van der Waals surface area contributed by atoms with Crippen LogP contribution in [0.2, 0.25) is 0 Å². The van der Waals surface area contributed by atoms with E-state index < -0.39 is 0 Å². The summed E-state index contributed by atoms with van der Waals surface area (Å²) in [6, 6.07) is 4.13. The Morgan fingerprint density at radius 3 is 3.18 bits per heavy atom. The van der Waals surface area contributed by atoms with Crippen LogP contribution in [-0.4, -0.2) is 16.4 Å². The zero-order chi connectivity index (χ0) is 7.68. The van der Waals surface area contributed by atoms with Crippen LogP contribution in [0.15, 0.2) is 18.3 Å². The van der Waals surface area contributed by atoms with Crippen molar-refractivity contribution in [2.45, 2.75) is 13.1 Å². The lowest BCUT2D eigenvalue weighted by Crippen LogP contribution is -2.15. The molecule has 0 atom stereocenters. The van der Waals surface area contributed by atoms with E-state index in [9.17, 15) is 0 Å². The largest absolute Gasteiger partial charge is 0.293 e. The minimum atomic E-state index is 0.871. The summed E-state index contributed by atoms with van der Waals surface area (Å²) in [7, 11) is 0.